The van der Waals surface area contributed by atoms with Crippen LogP contribution >= 0.6 is 0 Å². The summed E-state index contributed by atoms with van der Waals surface area (Å²) in [5.74, 6) is 0.248. The molecular formula is C10H20N2O2. The van der Waals surface area contributed by atoms with Crippen LogP contribution in [-0.4, -0.2) is 43.2 Å². The van der Waals surface area contributed by atoms with Crippen LogP contribution < -0.4 is 5.73 Å². The Morgan fingerprint density at radius 1 is 1.64 bits per heavy atom. The van der Waals surface area contributed by atoms with Gasteiger partial charge in [0.1, 0.15) is 0 Å². The maximum Gasteiger partial charge on any atom is 0.222 e. The van der Waals surface area contributed by atoms with Gasteiger partial charge in [-0.05, 0) is 19.4 Å². The molecule has 0 saturated carbocycles. The molecule has 1 saturated heterocycles. The van der Waals surface area contributed by atoms with Crippen molar-refractivity contribution in [2.75, 3.05) is 26.2 Å². The highest BCUT2D eigenvalue weighted by Crippen LogP contribution is 2.09. The van der Waals surface area contributed by atoms with Gasteiger partial charge >= 0.3 is 0 Å². The zero-order valence-corrected chi connectivity index (χ0v) is 8.87. The molecule has 4 heteroatoms. The van der Waals surface area contributed by atoms with Crippen LogP contribution in [0.4, 0.5) is 0 Å². The molecule has 1 heterocycles. The van der Waals surface area contributed by atoms with Crippen molar-refractivity contribution in [3.8, 4) is 0 Å². The van der Waals surface area contributed by atoms with Gasteiger partial charge in [0.05, 0.1) is 12.7 Å². The topological polar surface area (TPSA) is 55.6 Å². The smallest absolute Gasteiger partial charge is 0.222 e. The van der Waals surface area contributed by atoms with Gasteiger partial charge in [-0.3, -0.25) is 4.79 Å². The molecule has 1 aliphatic heterocycles. The first kappa shape index (κ1) is 11.5. The van der Waals surface area contributed by atoms with Gasteiger partial charge in [0.2, 0.25) is 5.91 Å². The molecule has 0 bridgehead atoms. The van der Waals surface area contributed by atoms with Crippen molar-refractivity contribution in [3.63, 3.8) is 0 Å². The number of morpholine rings is 1. The fourth-order valence-corrected chi connectivity index (χ4v) is 1.68. The fourth-order valence-electron chi connectivity index (χ4n) is 1.68. The Labute approximate surface area is 85.4 Å². The van der Waals surface area contributed by atoms with Gasteiger partial charge in [-0.25, -0.2) is 0 Å². The number of carbonyl (C=O) groups is 1. The molecule has 0 aromatic rings. The maximum absolute atomic E-state index is 11.6. The van der Waals surface area contributed by atoms with Crippen LogP contribution in [0.3, 0.4) is 0 Å². The highest BCUT2D eigenvalue weighted by Gasteiger charge is 2.22. The van der Waals surface area contributed by atoms with Gasteiger partial charge in [0.25, 0.3) is 0 Å². The average molecular weight is 200 g/mol. The molecule has 0 aliphatic carbocycles. The molecule has 82 valence electrons. The Hall–Kier alpha value is -0.610. The Bertz CT molecular complexity index is 183. The summed E-state index contributed by atoms with van der Waals surface area (Å²) in [4.78, 5) is 13.5. The molecule has 2 N–H and O–H groups in total. The number of amides is 1. The standard InChI is InChI=1S/C10H20N2O2/c1-2-3-10(13)12-6-7-14-9(8-12)4-5-11/h9H,2-8,11H2,1H3. The fraction of sp³-hybridized carbons (Fsp3) is 0.900. The van der Waals surface area contributed by atoms with Crippen LogP contribution in [0.5, 0.6) is 0 Å². The van der Waals surface area contributed by atoms with Crippen molar-refractivity contribution in [3.05, 3.63) is 0 Å². The summed E-state index contributed by atoms with van der Waals surface area (Å²) >= 11 is 0. The summed E-state index contributed by atoms with van der Waals surface area (Å²) in [6.07, 6.45) is 2.55. The molecule has 1 unspecified atom stereocenters. The molecule has 1 fully saturated rings. The van der Waals surface area contributed by atoms with Crippen molar-refractivity contribution in [1.82, 2.24) is 4.90 Å². The summed E-state index contributed by atoms with van der Waals surface area (Å²) in [6, 6.07) is 0. The normalized spacial score (nSPS) is 22.4. The molecule has 1 rings (SSSR count). The third-order valence-corrected chi connectivity index (χ3v) is 2.44. The van der Waals surface area contributed by atoms with Gasteiger partial charge in [0, 0.05) is 19.5 Å². The number of ether oxygens (including phenoxy) is 1. The van der Waals surface area contributed by atoms with Gasteiger partial charge in [-0.2, -0.15) is 0 Å². The van der Waals surface area contributed by atoms with E-state index in [9.17, 15) is 4.79 Å². The lowest BCUT2D eigenvalue weighted by molar-refractivity contribution is -0.138. The lowest BCUT2D eigenvalue weighted by Crippen LogP contribution is -2.46. The second-order valence-electron chi connectivity index (χ2n) is 3.66. The van der Waals surface area contributed by atoms with E-state index in [4.69, 9.17) is 10.5 Å². The second kappa shape index (κ2) is 5.98. The van der Waals surface area contributed by atoms with E-state index in [2.05, 4.69) is 0 Å². The van der Waals surface area contributed by atoms with Gasteiger partial charge in [-0.15, -0.1) is 0 Å². The Morgan fingerprint density at radius 3 is 3.07 bits per heavy atom. The van der Waals surface area contributed by atoms with Crippen LogP contribution in [0.2, 0.25) is 0 Å². The van der Waals surface area contributed by atoms with Crippen LogP contribution in [-0.2, 0) is 9.53 Å². The van der Waals surface area contributed by atoms with E-state index < -0.39 is 0 Å². The number of nitrogens with zero attached hydrogens (tertiary/aromatic N) is 1. The Morgan fingerprint density at radius 2 is 2.43 bits per heavy atom. The van der Waals surface area contributed by atoms with Gasteiger partial charge < -0.3 is 15.4 Å². The summed E-state index contributed by atoms with van der Waals surface area (Å²) in [7, 11) is 0. The molecule has 0 radical (unpaired) electrons. The summed E-state index contributed by atoms with van der Waals surface area (Å²) in [5, 5.41) is 0. The molecule has 1 atom stereocenters. The molecule has 1 aliphatic rings. The minimum absolute atomic E-state index is 0.148. The Kier molecular flexibility index (Phi) is 4.90. The first-order valence-corrected chi connectivity index (χ1v) is 5.37. The van der Waals surface area contributed by atoms with Crippen molar-refractivity contribution >= 4 is 5.91 Å². The first-order chi connectivity index (χ1) is 6.77. The zero-order valence-electron chi connectivity index (χ0n) is 8.87. The largest absolute Gasteiger partial charge is 0.374 e. The van der Waals surface area contributed by atoms with E-state index in [1.54, 1.807) is 0 Å². The van der Waals surface area contributed by atoms with Gasteiger partial charge in [-0.1, -0.05) is 6.92 Å². The molecule has 1 amide bonds. The quantitative estimate of drug-likeness (QED) is 0.713. The number of rotatable bonds is 4. The van der Waals surface area contributed by atoms with Crippen LogP contribution in [0, 0.1) is 0 Å². The van der Waals surface area contributed by atoms with Crippen molar-refractivity contribution < 1.29 is 9.53 Å². The molecule has 0 aromatic carbocycles. The molecular weight excluding hydrogens is 180 g/mol. The van der Waals surface area contributed by atoms with E-state index in [0.717, 1.165) is 25.9 Å². The number of nitrogens with two attached hydrogens (primary N) is 1. The second-order valence-corrected chi connectivity index (χ2v) is 3.66. The predicted molar refractivity (Wildman–Crippen MR) is 54.9 cm³/mol. The molecule has 4 nitrogen and oxygen atoms in total. The average Bonchev–Trinajstić information content (AvgIpc) is 2.19. The number of carbonyl (C=O) groups excluding carboxylic acids is 1. The summed E-state index contributed by atoms with van der Waals surface area (Å²) in [5.41, 5.74) is 5.46. The van der Waals surface area contributed by atoms with Gasteiger partial charge in [0.15, 0.2) is 0 Å². The van der Waals surface area contributed by atoms with E-state index in [1.807, 2.05) is 11.8 Å². The van der Waals surface area contributed by atoms with E-state index in [0.29, 0.717) is 19.6 Å². The van der Waals surface area contributed by atoms with Crippen LogP contribution in [0.25, 0.3) is 0 Å². The summed E-state index contributed by atoms with van der Waals surface area (Å²) in [6.45, 7) is 4.76. The predicted octanol–water partition coefficient (Wildman–Crippen LogP) is 0.363. The number of hydrogen-bond acceptors (Lipinski definition) is 3. The van der Waals surface area contributed by atoms with E-state index in [1.165, 1.54) is 0 Å². The minimum Gasteiger partial charge on any atom is -0.374 e. The lowest BCUT2D eigenvalue weighted by atomic mass is 10.2. The van der Waals surface area contributed by atoms with E-state index >= 15 is 0 Å². The van der Waals surface area contributed by atoms with E-state index in [-0.39, 0.29) is 12.0 Å². The van der Waals surface area contributed by atoms with Crippen LogP contribution in [0.15, 0.2) is 0 Å². The molecule has 0 spiro atoms. The third kappa shape index (κ3) is 3.27. The maximum atomic E-state index is 11.6. The number of hydrogen-bond donors (Lipinski definition) is 1. The third-order valence-electron chi connectivity index (χ3n) is 2.44. The van der Waals surface area contributed by atoms with Crippen molar-refractivity contribution in [2.24, 2.45) is 5.73 Å². The molecule has 0 aromatic heterocycles. The first-order valence-electron chi connectivity index (χ1n) is 5.37. The SMILES string of the molecule is CCCC(=O)N1CCOC(CCN)C1. The Balaban J connectivity index is 2.35. The summed E-state index contributed by atoms with van der Waals surface area (Å²) < 4.78 is 5.50. The highest BCUT2D eigenvalue weighted by molar-refractivity contribution is 5.76. The highest BCUT2D eigenvalue weighted by atomic mass is 16.5. The zero-order chi connectivity index (χ0) is 10.4. The van der Waals surface area contributed by atoms with Crippen LogP contribution in [0.1, 0.15) is 26.2 Å². The molecule has 14 heavy (non-hydrogen) atoms. The van der Waals surface area contributed by atoms with Crippen molar-refractivity contribution in [2.45, 2.75) is 32.3 Å². The monoisotopic (exact) mass is 200 g/mol. The van der Waals surface area contributed by atoms with Crippen molar-refractivity contribution in [1.29, 1.82) is 0 Å². The lowest BCUT2D eigenvalue weighted by Gasteiger charge is -2.32. The minimum atomic E-state index is 0.148.